The molecule has 14 heavy (non-hydrogen) atoms. The Balaban J connectivity index is 3.69. The van der Waals surface area contributed by atoms with E-state index in [4.69, 9.17) is 5.73 Å². The minimum Gasteiger partial charge on any atom is -0.330 e. The molecule has 0 rings (SSSR count). The minimum absolute atomic E-state index is 0.663. The van der Waals surface area contributed by atoms with Crippen molar-refractivity contribution in [3.05, 3.63) is 24.3 Å². The van der Waals surface area contributed by atoms with E-state index in [1.165, 1.54) is 5.57 Å². The van der Waals surface area contributed by atoms with E-state index in [2.05, 4.69) is 39.5 Å². The summed E-state index contributed by atoms with van der Waals surface area (Å²) in [5, 5.41) is 0. The van der Waals surface area contributed by atoms with Gasteiger partial charge in [-0.3, -0.25) is 0 Å². The molecule has 0 aromatic carbocycles. The summed E-state index contributed by atoms with van der Waals surface area (Å²) in [6, 6.07) is 0. The lowest BCUT2D eigenvalue weighted by atomic mass is 9.98. The van der Waals surface area contributed by atoms with E-state index in [0.717, 1.165) is 31.7 Å². The van der Waals surface area contributed by atoms with Gasteiger partial charge in [0.2, 0.25) is 0 Å². The van der Waals surface area contributed by atoms with Crippen LogP contribution in [-0.4, -0.2) is 6.54 Å². The Hall–Kier alpha value is -0.560. The second-order valence-electron chi connectivity index (χ2n) is 4.58. The molecule has 0 spiro atoms. The molecule has 0 saturated carbocycles. The van der Waals surface area contributed by atoms with E-state index in [0.29, 0.717) is 5.92 Å². The average molecular weight is 195 g/mol. The zero-order chi connectivity index (χ0) is 11.0. The van der Waals surface area contributed by atoms with Crippen LogP contribution >= 0.6 is 0 Å². The highest BCUT2D eigenvalue weighted by molar-refractivity contribution is 5.14. The van der Waals surface area contributed by atoms with Crippen LogP contribution in [0.2, 0.25) is 0 Å². The van der Waals surface area contributed by atoms with Crippen LogP contribution in [0.5, 0.6) is 0 Å². The number of hydrogen-bond acceptors (Lipinski definition) is 1. The number of nitrogens with two attached hydrogens (primary N) is 1. The molecule has 0 bridgehead atoms. The van der Waals surface area contributed by atoms with Gasteiger partial charge in [-0.25, -0.2) is 0 Å². The Kier molecular flexibility index (Phi) is 7.50. The summed E-state index contributed by atoms with van der Waals surface area (Å²) in [6.07, 6.45) is 7.70. The fraction of sp³-hybridized carbons (Fsp3) is 0.692. The predicted octanol–water partition coefficient (Wildman–Crippen LogP) is 3.52. The van der Waals surface area contributed by atoms with Gasteiger partial charge in [-0.05, 0) is 37.6 Å². The molecule has 1 atom stereocenters. The van der Waals surface area contributed by atoms with E-state index in [1.807, 2.05) is 0 Å². The number of rotatable bonds is 7. The Morgan fingerprint density at radius 2 is 2.00 bits per heavy atom. The fourth-order valence-electron chi connectivity index (χ4n) is 1.41. The highest BCUT2D eigenvalue weighted by atomic mass is 14.5. The van der Waals surface area contributed by atoms with Gasteiger partial charge in [0.1, 0.15) is 0 Å². The molecule has 1 nitrogen and oxygen atoms in total. The third-order valence-corrected chi connectivity index (χ3v) is 2.23. The third kappa shape index (κ3) is 8.06. The number of allylic oxidation sites excluding steroid dienone is 3. The van der Waals surface area contributed by atoms with Crippen LogP contribution in [0, 0.1) is 11.8 Å². The molecule has 0 radical (unpaired) electrons. The molecule has 0 aliphatic carbocycles. The highest BCUT2D eigenvalue weighted by Gasteiger charge is 2.01. The van der Waals surface area contributed by atoms with Crippen LogP contribution in [0.25, 0.3) is 0 Å². The molecule has 0 fully saturated rings. The standard InChI is InChI=1S/C13H25N/c1-11(2)6-5-7-12(3)10-13(4)8-9-14/h5,7,11,13H,3,6,8-10,14H2,1-2,4H3/b7-5+. The van der Waals surface area contributed by atoms with Gasteiger partial charge in [0.15, 0.2) is 0 Å². The van der Waals surface area contributed by atoms with Crippen molar-refractivity contribution in [1.29, 1.82) is 0 Å². The van der Waals surface area contributed by atoms with E-state index >= 15 is 0 Å². The molecule has 0 saturated heterocycles. The lowest BCUT2D eigenvalue weighted by Crippen LogP contribution is -2.05. The largest absolute Gasteiger partial charge is 0.330 e. The van der Waals surface area contributed by atoms with E-state index in [1.54, 1.807) is 0 Å². The van der Waals surface area contributed by atoms with Crippen molar-refractivity contribution >= 4 is 0 Å². The van der Waals surface area contributed by atoms with E-state index in [9.17, 15) is 0 Å². The molecule has 0 aromatic rings. The molecule has 82 valence electrons. The quantitative estimate of drug-likeness (QED) is 0.618. The molecular weight excluding hydrogens is 170 g/mol. The first kappa shape index (κ1) is 13.4. The molecule has 0 heterocycles. The van der Waals surface area contributed by atoms with Gasteiger partial charge in [0.25, 0.3) is 0 Å². The van der Waals surface area contributed by atoms with Crippen LogP contribution in [0.15, 0.2) is 24.3 Å². The summed E-state index contributed by atoms with van der Waals surface area (Å²) in [4.78, 5) is 0. The summed E-state index contributed by atoms with van der Waals surface area (Å²) < 4.78 is 0. The van der Waals surface area contributed by atoms with Crippen LogP contribution in [0.3, 0.4) is 0 Å². The van der Waals surface area contributed by atoms with Gasteiger partial charge in [0, 0.05) is 0 Å². The van der Waals surface area contributed by atoms with Crippen LogP contribution in [0.1, 0.15) is 40.0 Å². The molecule has 0 aromatic heterocycles. The fourth-order valence-corrected chi connectivity index (χ4v) is 1.41. The number of hydrogen-bond donors (Lipinski definition) is 1. The van der Waals surface area contributed by atoms with Crippen molar-refractivity contribution in [3.63, 3.8) is 0 Å². The summed E-state index contributed by atoms with van der Waals surface area (Å²) in [5.74, 6) is 1.40. The first-order chi connectivity index (χ1) is 6.56. The average Bonchev–Trinajstić information content (AvgIpc) is 2.03. The second kappa shape index (κ2) is 7.81. The Morgan fingerprint density at radius 3 is 2.50 bits per heavy atom. The molecular formula is C13H25N. The van der Waals surface area contributed by atoms with Crippen LogP contribution in [0.4, 0.5) is 0 Å². The molecule has 1 heteroatoms. The SMILES string of the molecule is C=C(/C=C/CC(C)C)CC(C)CCN. The van der Waals surface area contributed by atoms with Gasteiger partial charge < -0.3 is 5.73 Å². The molecule has 2 N–H and O–H groups in total. The van der Waals surface area contributed by atoms with Crippen molar-refractivity contribution < 1.29 is 0 Å². The molecule has 1 unspecified atom stereocenters. The Bertz CT molecular complexity index is 180. The zero-order valence-corrected chi connectivity index (χ0v) is 9.92. The van der Waals surface area contributed by atoms with Gasteiger partial charge in [-0.15, -0.1) is 0 Å². The lowest BCUT2D eigenvalue weighted by molar-refractivity contribution is 0.541. The van der Waals surface area contributed by atoms with Gasteiger partial charge in [-0.1, -0.05) is 45.1 Å². The van der Waals surface area contributed by atoms with Crippen LogP contribution in [-0.2, 0) is 0 Å². The highest BCUT2D eigenvalue weighted by Crippen LogP contribution is 2.14. The van der Waals surface area contributed by atoms with E-state index in [-0.39, 0.29) is 0 Å². The lowest BCUT2D eigenvalue weighted by Gasteiger charge is -2.09. The Morgan fingerprint density at radius 1 is 1.36 bits per heavy atom. The van der Waals surface area contributed by atoms with Gasteiger partial charge in [-0.2, -0.15) is 0 Å². The van der Waals surface area contributed by atoms with E-state index < -0.39 is 0 Å². The first-order valence-corrected chi connectivity index (χ1v) is 5.60. The predicted molar refractivity (Wildman–Crippen MR) is 65.2 cm³/mol. The molecule has 0 amide bonds. The van der Waals surface area contributed by atoms with Gasteiger partial charge in [0.05, 0.1) is 0 Å². The smallest absolute Gasteiger partial charge is 0.00746 e. The second-order valence-corrected chi connectivity index (χ2v) is 4.58. The van der Waals surface area contributed by atoms with Crippen molar-refractivity contribution in [3.8, 4) is 0 Å². The van der Waals surface area contributed by atoms with Crippen molar-refractivity contribution in [2.24, 2.45) is 17.6 Å². The molecule has 0 aliphatic rings. The summed E-state index contributed by atoms with van der Waals surface area (Å²) in [6.45, 7) is 11.5. The molecule has 0 aliphatic heterocycles. The summed E-state index contributed by atoms with van der Waals surface area (Å²) in [7, 11) is 0. The minimum atomic E-state index is 0.663. The first-order valence-electron chi connectivity index (χ1n) is 5.60. The third-order valence-electron chi connectivity index (χ3n) is 2.23. The maximum absolute atomic E-state index is 5.50. The zero-order valence-electron chi connectivity index (χ0n) is 9.92. The van der Waals surface area contributed by atoms with Crippen molar-refractivity contribution in [2.45, 2.75) is 40.0 Å². The van der Waals surface area contributed by atoms with Gasteiger partial charge >= 0.3 is 0 Å². The summed E-state index contributed by atoms with van der Waals surface area (Å²) >= 11 is 0. The maximum atomic E-state index is 5.50. The monoisotopic (exact) mass is 195 g/mol. The van der Waals surface area contributed by atoms with Crippen molar-refractivity contribution in [2.75, 3.05) is 6.54 Å². The van der Waals surface area contributed by atoms with Crippen LogP contribution < -0.4 is 5.73 Å². The maximum Gasteiger partial charge on any atom is -0.00746 e. The van der Waals surface area contributed by atoms with Crippen molar-refractivity contribution in [1.82, 2.24) is 0 Å². The Labute approximate surface area is 89.1 Å². The summed E-state index contributed by atoms with van der Waals surface area (Å²) in [5.41, 5.74) is 6.73. The normalized spacial score (nSPS) is 13.8. The topological polar surface area (TPSA) is 26.0 Å².